The minimum Gasteiger partial charge on any atom is -0.241 e. The van der Waals surface area contributed by atoms with Crippen LogP contribution in [-0.2, 0) is 14.2 Å². The Bertz CT molecular complexity index is 268. The summed E-state index contributed by atoms with van der Waals surface area (Å²) in [7, 11) is 0. The van der Waals surface area contributed by atoms with E-state index in [0.717, 1.165) is 0 Å². The number of alkyl halides is 8. The zero-order valence-corrected chi connectivity index (χ0v) is 7.76. The minimum atomic E-state index is -5.54. The molecular weight excluding hydrogens is 281 g/mol. The lowest BCUT2D eigenvalue weighted by atomic mass is 10.6. The van der Waals surface area contributed by atoms with E-state index in [0.29, 0.717) is 0 Å². The highest BCUT2D eigenvalue weighted by atomic mass is 35.5. The molecule has 1 heterocycles. The molecule has 2 unspecified atom stereocenters. The van der Waals surface area contributed by atoms with E-state index in [9.17, 15) is 26.3 Å². The van der Waals surface area contributed by atoms with Gasteiger partial charge in [0.15, 0.2) is 0 Å². The van der Waals surface area contributed by atoms with Crippen molar-refractivity contribution in [2.24, 2.45) is 0 Å². The van der Waals surface area contributed by atoms with Crippen molar-refractivity contribution in [1.29, 1.82) is 0 Å². The monoisotopic (exact) mass is 280 g/mol. The van der Waals surface area contributed by atoms with Crippen molar-refractivity contribution in [3.8, 4) is 0 Å². The summed E-state index contributed by atoms with van der Waals surface area (Å²) >= 11 is 9.17. The number of hydrogen-bond donors (Lipinski definition) is 0. The normalized spacial score (nSPS) is 40.8. The van der Waals surface area contributed by atoms with E-state index in [4.69, 9.17) is 0 Å². The molecule has 1 saturated heterocycles. The summed E-state index contributed by atoms with van der Waals surface area (Å²) in [4.78, 5) is 0. The van der Waals surface area contributed by atoms with Crippen LogP contribution in [0.1, 0.15) is 0 Å². The van der Waals surface area contributed by atoms with Crippen molar-refractivity contribution in [2.75, 3.05) is 0 Å². The zero-order valence-electron chi connectivity index (χ0n) is 6.25. The van der Waals surface area contributed by atoms with Crippen molar-refractivity contribution in [1.82, 2.24) is 0 Å². The van der Waals surface area contributed by atoms with Crippen LogP contribution in [0.25, 0.3) is 0 Å². The lowest BCUT2D eigenvalue weighted by Crippen LogP contribution is -2.45. The van der Waals surface area contributed by atoms with Crippen LogP contribution in [0.4, 0.5) is 26.3 Å². The van der Waals surface area contributed by atoms with Gasteiger partial charge >= 0.3 is 23.2 Å². The van der Waals surface area contributed by atoms with E-state index >= 15 is 0 Å². The fourth-order valence-corrected chi connectivity index (χ4v) is 1.06. The second-order valence-corrected chi connectivity index (χ2v) is 3.25. The molecule has 0 saturated carbocycles. The van der Waals surface area contributed by atoms with Gasteiger partial charge in [-0.05, 0) is 23.2 Å². The van der Waals surface area contributed by atoms with Crippen LogP contribution in [0, 0.1) is 0 Å². The highest BCUT2D eigenvalue weighted by molar-refractivity contribution is 6.32. The van der Waals surface area contributed by atoms with Crippen molar-refractivity contribution in [3.63, 3.8) is 0 Å². The Morgan fingerprint density at radius 1 is 1.00 bits per heavy atom. The third-order valence-electron chi connectivity index (χ3n) is 1.09. The summed E-state index contributed by atoms with van der Waals surface area (Å²) in [5, 5.41) is -8.20. The van der Waals surface area contributed by atoms with Crippen LogP contribution in [0.15, 0.2) is 0 Å². The second-order valence-electron chi connectivity index (χ2n) is 2.27. The Morgan fingerprint density at radius 3 is 1.73 bits per heavy atom. The van der Waals surface area contributed by atoms with Crippen LogP contribution in [0.5, 0.6) is 0 Å². The van der Waals surface area contributed by atoms with Gasteiger partial charge < -0.3 is 0 Å². The van der Waals surface area contributed by atoms with Crippen molar-refractivity contribution >= 4 is 23.2 Å². The topological polar surface area (TPSA) is 27.7 Å². The van der Waals surface area contributed by atoms with E-state index in [1.165, 1.54) is 0 Å². The molecule has 2 atom stereocenters. The smallest absolute Gasteiger partial charge is 0.241 e. The maximum Gasteiger partial charge on any atom is 0.526 e. The third kappa shape index (κ3) is 2.78. The van der Waals surface area contributed by atoms with E-state index in [-0.39, 0.29) is 0 Å². The van der Waals surface area contributed by atoms with Crippen LogP contribution in [0.2, 0.25) is 0 Å². The number of hydrogen-bond acceptors (Lipinski definition) is 3. The van der Waals surface area contributed by atoms with Gasteiger partial charge in [-0.1, -0.05) is 0 Å². The fraction of sp³-hybridized carbons (Fsp3) is 1.00. The molecule has 90 valence electrons. The first kappa shape index (κ1) is 13.1. The average molecular weight is 281 g/mol. The van der Waals surface area contributed by atoms with E-state index in [1.54, 1.807) is 0 Å². The van der Waals surface area contributed by atoms with Gasteiger partial charge in [-0.25, -0.2) is 14.2 Å². The SMILES string of the molecule is FC(F)(F)OC1(Cl)OC(F)(F)OC1(F)Cl. The summed E-state index contributed by atoms with van der Waals surface area (Å²) in [6.45, 7) is 0. The van der Waals surface area contributed by atoms with Gasteiger partial charge in [-0.3, -0.25) is 0 Å². The van der Waals surface area contributed by atoms with Gasteiger partial charge in [0, 0.05) is 0 Å². The summed E-state index contributed by atoms with van der Waals surface area (Å²) in [5.41, 5.74) is 0. The number of rotatable bonds is 1. The van der Waals surface area contributed by atoms with E-state index in [2.05, 4.69) is 37.4 Å². The predicted molar refractivity (Wildman–Crippen MR) is 32.5 cm³/mol. The van der Waals surface area contributed by atoms with Gasteiger partial charge in [0.05, 0.1) is 0 Å². The highest BCUT2D eigenvalue weighted by Gasteiger charge is 2.73. The average Bonchev–Trinajstić information content (AvgIpc) is 1.88. The Balaban J connectivity index is 2.93. The lowest BCUT2D eigenvalue weighted by Gasteiger charge is -2.25. The highest BCUT2D eigenvalue weighted by Crippen LogP contribution is 2.54. The number of halogens is 8. The summed E-state index contributed by atoms with van der Waals surface area (Å²) in [6, 6.07) is 0. The van der Waals surface area contributed by atoms with Crippen molar-refractivity contribution in [2.45, 2.75) is 23.2 Å². The molecule has 1 aliphatic heterocycles. The maximum atomic E-state index is 12.9. The van der Waals surface area contributed by atoms with Gasteiger partial charge in [-0.2, -0.15) is 4.39 Å². The molecule has 0 aromatic rings. The molecule has 0 aliphatic carbocycles. The van der Waals surface area contributed by atoms with Crippen LogP contribution in [0.3, 0.4) is 0 Å². The Morgan fingerprint density at radius 2 is 1.47 bits per heavy atom. The molecule has 1 rings (SSSR count). The molecule has 0 radical (unpaired) electrons. The predicted octanol–water partition coefficient (Wildman–Crippen LogP) is 2.87. The van der Waals surface area contributed by atoms with Gasteiger partial charge in [0.2, 0.25) is 0 Å². The first-order chi connectivity index (χ1) is 6.37. The molecule has 15 heavy (non-hydrogen) atoms. The van der Waals surface area contributed by atoms with Crippen LogP contribution in [-0.4, -0.2) is 23.2 Å². The molecule has 0 aromatic heterocycles. The first-order valence-corrected chi connectivity index (χ1v) is 3.74. The zero-order chi connectivity index (χ0) is 12.1. The second kappa shape index (κ2) is 3.27. The maximum absolute atomic E-state index is 12.9. The molecular formula is C4Cl2F6O3. The molecule has 0 bridgehead atoms. The fourth-order valence-electron chi connectivity index (χ4n) is 0.672. The molecule has 11 heteroatoms. The quantitative estimate of drug-likeness (QED) is 0.546. The lowest BCUT2D eigenvalue weighted by molar-refractivity contribution is -0.423. The van der Waals surface area contributed by atoms with E-state index < -0.39 is 23.2 Å². The summed E-state index contributed by atoms with van der Waals surface area (Å²) < 4.78 is 81.0. The standard InChI is InChI=1S/C4Cl2F6O3/c5-1(7)2(6,14-3(8,9)10)15-4(11,12)13-1. The van der Waals surface area contributed by atoms with Crippen LogP contribution < -0.4 is 0 Å². The summed E-state index contributed by atoms with van der Waals surface area (Å²) in [6.07, 6.45) is -10.3. The third-order valence-corrected chi connectivity index (χ3v) is 1.91. The van der Waals surface area contributed by atoms with Crippen molar-refractivity contribution in [3.05, 3.63) is 0 Å². The molecule has 0 spiro atoms. The Hall–Kier alpha value is 0.0400. The Kier molecular flexibility index (Phi) is 2.85. The summed E-state index contributed by atoms with van der Waals surface area (Å²) in [5.74, 6) is 0. The molecule has 1 aliphatic rings. The van der Waals surface area contributed by atoms with Gasteiger partial charge in [-0.15, -0.1) is 22.0 Å². The van der Waals surface area contributed by atoms with E-state index in [1.807, 2.05) is 0 Å². The van der Waals surface area contributed by atoms with Gasteiger partial charge in [0.25, 0.3) is 0 Å². The van der Waals surface area contributed by atoms with Crippen molar-refractivity contribution < 1.29 is 40.6 Å². The minimum absolute atomic E-state index is 2.77. The first-order valence-electron chi connectivity index (χ1n) is 2.99. The molecule has 3 nitrogen and oxygen atoms in total. The molecule has 0 N–H and O–H groups in total. The number of ether oxygens (including phenoxy) is 3. The molecule has 1 fully saturated rings. The molecule has 0 aromatic carbocycles. The Labute approximate surface area is 87.8 Å². The van der Waals surface area contributed by atoms with Crippen LogP contribution >= 0.6 is 23.2 Å². The van der Waals surface area contributed by atoms with Gasteiger partial charge in [0.1, 0.15) is 0 Å². The largest absolute Gasteiger partial charge is 0.526 e. The molecule has 0 amide bonds.